The molecule has 0 spiro atoms. The highest BCUT2D eigenvalue weighted by molar-refractivity contribution is 5.36. The van der Waals surface area contributed by atoms with Gasteiger partial charge in [0, 0.05) is 12.1 Å². The van der Waals surface area contributed by atoms with Crippen LogP contribution in [0.15, 0.2) is 42.6 Å². The molecule has 0 unspecified atom stereocenters. The number of nitrogens with zero attached hydrogens (tertiary/aromatic N) is 1. The van der Waals surface area contributed by atoms with Gasteiger partial charge in [-0.25, -0.2) is 0 Å². The van der Waals surface area contributed by atoms with Crippen molar-refractivity contribution < 1.29 is 9.47 Å². The molecule has 4 heteroatoms. The molecule has 20 heavy (non-hydrogen) atoms. The number of nitrogens with two attached hydrogens (primary N) is 1. The Balaban J connectivity index is 2.08. The molecule has 1 aromatic heterocycles. The lowest BCUT2D eigenvalue weighted by Gasteiger charge is -2.10. The van der Waals surface area contributed by atoms with E-state index in [4.69, 9.17) is 15.2 Å². The molecule has 0 aliphatic carbocycles. The van der Waals surface area contributed by atoms with Crippen LogP contribution in [0.25, 0.3) is 0 Å². The van der Waals surface area contributed by atoms with Crippen molar-refractivity contribution in [1.29, 1.82) is 0 Å². The first-order chi connectivity index (χ1) is 9.72. The summed E-state index contributed by atoms with van der Waals surface area (Å²) in [5.74, 6) is 2.21. The topological polar surface area (TPSA) is 57.4 Å². The smallest absolute Gasteiger partial charge is 0.145 e. The number of rotatable bonds is 6. The van der Waals surface area contributed by atoms with Crippen LogP contribution < -0.4 is 15.2 Å². The average Bonchev–Trinajstić information content (AvgIpc) is 2.48. The Labute approximate surface area is 119 Å². The van der Waals surface area contributed by atoms with Gasteiger partial charge in [0.05, 0.1) is 18.5 Å². The van der Waals surface area contributed by atoms with Gasteiger partial charge in [-0.3, -0.25) is 4.98 Å². The molecular formula is C16H20N2O2. The standard InChI is InChI=1S/C16H20N2O2/c1-3-15(17)16-9-8-14(11-18-16)20-13-7-5-6-12(10-13)19-4-2/h5-11,15H,3-4,17H2,1-2H3/t15-/m1/s1. The number of hydrogen-bond acceptors (Lipinski definition) is 4. The van der Waals surface area contributed by atoms with Gasteiger partial charge in [0.2, 0.25) is 0 Å². The Morgan fingerprint density at radius 2 is 1.90 bits per heavy atom. The minimum Gasteiger partial charge on any atom is -0.494 e. The third-order valence-electron chi connectivity index (χ3n) is 2.93. The highest BCUT2D eigenvalue weighted by atomic mass is 16.5. The fourth-order valence-electron chi connectivity index (χ4n) is 1.81. The van der Waals surface area contributed by atoms with Crippen LogP contribution in [-0.4, -0.2) is 11.6 Å². The Bertz CT molecular complexity index is 540. The van der Waals surface area contributed by atoms with Crippen molar-refractivity contribution in [3.05, 3.63) is 48.3 Å². The zero-order valence-corrected chi connectivity index (χ0v) is 11.9. The van der Waals surface area contributed by atoms with E-state index in [0.29, 0.717) is 12.4 Å². The van der Waals surface area contributed by atoms with E-state index in [1.807, 2.05) is 50.2 Å². The Kier molecular flexibility index (Phi) is 4.96. The van der Waals surface area contributed by atoms with E-state index < -0.39 is 0 Å². The van der Waals surface area contributed by atoms with Crippen molar-refractivity contribution in [2.75, 3.05) is 6.61 Å². The number of hydrogen-bond donors (Lipinski definition) is 1. The molecule has 0 bridgehead atoms. The SMILES string of the molecule is CCOc1cccc(Oc2ccc([C@H](N)CC)nc2)c1. The first kappa shape index (κ1) is 14.3. The largest absolute Gasteiger partial charge is 0.494 e. The number of aromatic nitrogens is 1. The Morgan fingerprint density at radius 3 is 2.55 bits per heavy atom. The predicted molar refractivity (Wildman–Crippen MR) is 79.1 cm³/mol. The monoisotopic (exact) mass is 272 g/mol. The van der Waals surface area contributed by atoms with Gasteiger partial charge in [0.25, 0.3) is 0 Å². The Hall–Kier alpha value is -2.07. The fraction of sp³-hybridized carbons (Fsp3) is 0.312. The molecule has 0 aliphatic rings. The van der Waals surface area contributed by atoms with Crippen LogP contribution in [0.3, 0.4) is 0 Å². The van der Waals surface area contributed by atoms with Crippen LogP contribution >= 0.6 is 0 Å². The maximum absolute atomic E-state index is 5.93. The molecule has 1 heterocycles. The summed E-state index contributed by atoms with van der Waals surface area (Å²) in [6, 6.07) is 11.3. The minimum absolute atomic E-state index is 0.0228. The number of pyridine rings is 1. The van der Waals surface area contributed by atoms with E-state index >= 15 is 0 Å². The van der Waals surface area contributed by atoms with Crippen molar-refractivity contribution in [2.24, 2.45) is 5.73 Å². The van der Waals surface area contributed by atoms with E-state index in [0.717, 1.165) is 23.6 Å². The summed E-state index contributed by atoms with van der Waals surface area (Å²) in [6.07, 6.45) is 2.56. The summed E-state index contributed by atoms with van der Waals surface area (Å²) in [5, 5.41) is 0. The summed E-state index contributed by atoms with van der Waals surface area (Å²) in [4.78, 5) is 4.32. The molecule has 4 nitrogen and oxygen atoms in total. The van der Waals surface area contributed by atoms with Gasteiger partial charge < -0.3 is 15.2 Å². The van der Waals surface area contributed by atoms with E-state index in [2.05, 4.69) is 4.98 Å². The molecule has 0 saturated carbocycles. The molecular weight excluding hydrogens is 252 g/mol. The van der Waals surface area contributed by atoms with Crippen LogP contribution in [-0.2, 0) is 0 Å². The summed E-state index contributed by atoms with van der Waals surface area (Å²) in [5.41, 5.74) is 6.81. The third kappa shape index (κ3) is 3.71. The van der Waals surface area contributed by atoms with Gasteiger partial charge in [-0.05, 0) is 37.6 Å². The highest BCUT2D eigenvalue weighted by Gasteiger charge is 2.05. The second kappa shape index (κ2) is 6.91. The second-order valence-electron chi connectivity index (χ2n) is 4.44. The second-order valence-corrected chi connectivity index (χ2v) is 4.44. The fourth-order valence-corrected chi connectivity index (χ4v) is 1.81. The molecule has 0 saturated heterocycles. The molecule has 0 aliphatic heterocycles. The maximum atomic E-state index is 5.93. The molecule has 2 rings (SSSR count). The van der Waals surface area contributed by atoms with Crippen LogP contribution in [0.2, 0.25) is 0 Å². The normalized spacial score (nSPS) is 11.9. The predicted octanol–water partition coefficient (Wildman–Crippen LogP) is 3.68. The lowest BCUT2D eigenvalue weighted by Crippen LogP contribution is -2.10. The van der Waals surface area contributed by atoms with Crippen molar-refractivity contribution in [3.8, 4) is 17.2 Å². The first-order valence-electron chi connectivity index (χ1n) is 6.85. The van der Waals surface area contributed by atoms with Crippen molar-refractivity contribution in [1.82, 2.24) is 4.98 Å². The van der Waals surface area contributed by atoms with Crippen LogP contribution in [0, 0.1) is 0 Å². The van der Waals surface area contributed by atoms with Crippen LogP contribution in [0.4, 0.5) is 0 Å². The van der Waals surface area contributed by atoms with Gasteiger partial charge in [0.15, 0.2) is 0 Å². The molecule has 2 N–H and O–H groups in total. The Morgan fingerprint density at radius 1 is 1.10 bits per heavy atom. The van der Waals surface area contributed by atoms with Crippen molar-refractivity contribution >= 4 is 0 Å². The minimum atomic E-state index is -0.0228. The lowest BCUT2D eigenvalue weighted by atomic mass is 10.1. The highest BCUT2D eigenvalue weighted by Crippen LogP contribution is 2.25. The zero-order chi connectivity index (χ0) is 14.4. The zero-order valence-electron chi connectivity index (χ0n) is 11.9. The van der Waals surface area contributed by atoms with E-state index in [1.165, 1.54) is 0 Å². The summed E-state index contributed by atoms with van der Waals surface area (Å²) < 4.78 is 11.2. The van der Waals surface area contributed by atoms with Gasteiger partial charge in [-0.1, -0.05) is 13.0 Å². The van der Waals surface area contributed by atoms with Gasteiger partial charge in [-0.15, -0.1) is 0 Å². The summed E-state index contributed by atoms with van der Waals surface area (Å²) in [7, 11) is 0. The van der Waals surface area contributed by atoms with E-state index in [9.17, 15) is 0 Å². The molecule has 1 aromatic carbocycles. The maximum Gasteiger partial charge on any atom is 0.145 e. The third-order valence-corrected chi connectivity index (χ3v) is 2.93. The first-order valence-corrected chi connectivity index (χ1v) is 6.85. The van der Waals surface area contributed by atoms with Gasteiger partial charge in [-0.2, -0.15) is 0 Å². The lowest BCUT2D eigenvalue weighted by molar-refractivity contribution is 0.338. The van der Waals surface area contributed by atoms with Crippen LogP contribution in [0.5, 0.6) is 17.2 Å². The molecule has 0 amide bonds. The summed E-state index contributed by atoms with van der Waals surface area (Å²) >= 11 is 0. The van der Waals surface area contributed by atoms with E-state index in [1.54, 1.807) is 6.20 Å². The number of benzene rings is 1. The quantitative estimate of drug-likeness (QED) is 0.871. The number of ether oxygens (including phenoxy) is 2. The molecule has 0 radical (unpaired) electrons. The van der Waals surface area contributed by atoms with Gasteiger partial charge in [0.1, 0.15) is 17.2 Å². The van der Waals surface area contributed by atoms with Crippen molar-refractivity contribution in [3.63, 3.8) is 0 Å². The van der Waals surface area contributed by atoms with Gasteiger partial charge >= 0.3 is 0 Å². The van der Waals surface area contributed by atoms with E-state index in [-0.39, 0.29) is 6.04 Å². The molecule has 0 fully saturated rings. The molecule has 106 valence electrons. The molecule has 2 aromatic rings. The summed E-state index contributed by atoms with van der Waals surface area (Å²) in [6.45, 7) is 4.62. The van der Waals surface area contributed by atoms with Crippen LogP contribution in [0.1, 0.15) is 32.0 Å². The molecule has 1 atom stereocenters. The van der Waals surface area contributed by atoms with Crippen molar-refractivity contribution in [2.45, 2.75) is 26.3 Å². The average molecular weight is 272 g/mol.